The minimum atomic E-state index is -3.31. The van der Waals surface area contributed by atoms with Crippen LogP contribution in [-0.2, 0) is 22.9 Å². The first kappa shape index (κ1) is 17.3. The quantitative estimate of drug-likeness (QED) is 0.880. The SMILES string of the molecule is CCc1ccc(NC(=O)Nc2ccc3c(c2)N(S(C)(=O)=O)CC3)cc1. The second-order valence-corrected chi connectivity index (χ2v) is 7.97. The third-order valence-corrected chi connectivity index (χ3v) is 5.40. The molecule has 6 nitrogen and oxygen atoms in total. The van der Waals surface area contributed by atoms with E-state index in [9.17, 15) is 13.2 Å². The molecular weight excluding hydrogens is 338 g/mol. The minimum absolute atomic E-state index is 0.367. The van der Waals surface area contributed by atoms with Gasteiger partial charge < -0.3 is 10.6 Å². The van der Waals surface area contributed by atoms with Crippen molar-refractivity contribution >= 4 is 33.1 Å². The van der Waals surface area contributed by atoms with E-state index in [2.05, 4.69) is 17.6 Å². The van der Waals surface area contributed by atoms with Gasteiger partial charge in [-0.3, -0.25) is 4.31 Å². The molecule has 0 fully saturated rings. The van der Waals surface area contributed by atoms with E-state index in [1.54, 1.807) is 12.1 Å². The average molecular weight is 359 g/mol. The van der Waals surface area contributed by atoms with Crippen molar-refractivity contribution in [1.82, 2.24) is 0 Å². The summed E-state index contributed by atoms with van der Waals surface area (Å²) in [6.45, 7) is 2.51. The Kier molecular flexibility index (Phi) is 4.67. The molecule has 0 aromatic heterocycles. The number of rotatable bonds is 4. The van der Waals surface area contributed by atoms with E-state index in [0.717, 1.165) is 12.0 Å². The van der Waals surface area contributed by atoms with Crippen molar-refractivity contribution in [2.75, 3.05) is 27.7 Å². The zero-order valence-electron chi connectivity index (χ0n) is 14.2. The summed E-state index contributed by atoms with van der Waals surface area (Å²) < 4.78 is 25.1. The number of hydrogen-bond donors (Lipinski definition) is 2. The van der Waals surface area contributed by atoms with Crippen molar-refractivity contribution < 1.29 is 13.2 Å². The molecule has 1 aliphatic rings. The predicted octanol–water partition coefficient (Wildman–Crippen LogP) is 3.22. The fraction of sp³-hybridized carbons (Fsp3) is 0.278. The van der Waals surface area contributed by atoms with Crippen molar-refractivity contribution in [2.24, 2.45) is 0 Å². The first-order valence-electron chi connectivity index (χ1n) is 8.14. The number of carbonyl (C=O) groups excluding carboxylic acids is 1. The maximum Gasteiger partial charge on any atom is 0.323 e. The number of nitrogens with one attached hydrogen (secondary N) is 2. The molecule has 2 N–H and O–H groups in total. The van der Waals surface area contributed by atoms with E-state index in [1.807, 2.05) is 30.3 Å². The first-order valence-corrected chi connectivity index (χ1v) is 9.99. The third-order valence-electron chi connectivity index (χ3n) is 4.22. The molecule has 132 valence electrons. The maximum atomic E-state index is 12.2. The Bertz CT molecular complexity index is 892. The Morgan fingerprint density at radius 3 is 2.36 bits per heavy atom. The predicted molar refractivity (Wildman–Crippen MR) is 101 cm³/mol. The molecule has 2 aromatic carbocycles. The van der Waals surface area contributed by atoms with Crippen LogP contribution in [0.3, 0.4) is 0 Å². The molecule has 0 saturated heterocycles. The highest BCUT2D eigenvalue weighted by Crippen LogP contribution is 2.32. The van der Waals surface area contributed by atoms with Crippen molar-refractivity contribution in [3.8, 4) is 0 Å². The summed E-state index contributed by atoms with van der Waals surface area (Å²) in [5.41, 5.74) is 4.05. The monoisotopic (exact) mass is 359 g/mol. The van der Waals surface area contributed by atoms with Gasteiger partial charge in [-0.2, -0.15) is 0 Å². The summed E-state index contributed by atoms with van der Waals surface area (Å²) in [4.78, 5) is 12.2. The van der Waals surface area contributed by atoms with Crippen LogP contribution in [0, 0.1) is 0 Å². The highest BCUT2D eigenvalue weighted by atomic mass is 32.2. The van der Waals surface area contributed by atoms with Crippen molar-refractivity contribution in [3.63, 3.8) is 0 Å². The van der Waals surface area contributed by atoms with Gasteiger partial charge in [-0.15, -0.1) is 0 Å². The molecule has 0 atom stereocenters. The topological polar surface area (TPSA) is 78.5 Å². The van der Waals surface area contributed by atoms with Gasteiger partial charge in [0.05, 0.1) is 11.9 Å². The lowest BCUT2D eigenvalue weighted by molar-refractivity contribution is 0.262. The molecule has 7 heteroatoms. The number of urea groups is 1. The Balaban J connectivity index is 1.72. The van der Waals surface area contributed by atoms with Crippen molar-refractivity contribution in [2.45, 2.75) is 19.8 Å². The van der Waals surface area contributed by atoms with Crippen LogP contribution in [0.2, 0.25) is 0 Å². The van der Waals surface area contributed by atoms with Gasteiger partial charge in [0.15, 0.2) is 0 Å². The van der Waals surface area contributed by atoms with E-state index >= 15 is 0 Å². The molecule has 0 saturated carbocycles. The summed E-state index contributed by atoms with van der Waals surface area (Å²) in [5.74, 6) is 0. The minimum Gasteiger partial charge on any atom is -0.308 e. The van der Waals surface area contributed by atoms with Crippen LogP contribution >= 0.6 is 0 Å². The largest absolute Gasteiger partial charge is 0.323 e. The Morgan fingerprint density at radius 2 is 1.72 bits per heavy atom. The lowest BCUT2D eigenvalue weighted by atomic mass is 10.1. The van der Waals surface area contributed by atoms with Gasteiger partial charge in [-0.05, 0) is 48.2 Å². The molecule has 1 heterocycles. The van der Waals surface area contributed by atoms with Crippen molar-refractivity contribution in [3.05, 3.63) is 53.6 Å². The van der Waals surface area contributed by atoms with Crippen LogP contribution in [0.15, 0.2) is 42.5 Å². The number of nitrogens with zero attached hydrogens (tertiary/aromatic N) is 1. The zero-order chi connectivity index (χ0) is 18.0. The van der Waals surface area contributed by atoms with Gasteiger partial charge in [0.25, 0.3) is 0 Å². The maximum absolute atomic E-state index is 12.2. The van der Waals surface area contributed by atoms with Gasteiger partial charge in [0.2, 0.25) is 10.0 Å². The van der Waals surface area contributed by atoms with E-state index < -0.39 is 10.0 Å². The molecule has 0 bridgehead atoms. The molecule has 0 unspecified atom stereocenters. The standard InChI is InChI=1S/C18H21N3O3S/c1-3-13-4-7-15(8-5-13)19-18(22)20-16-9-6-14-10-11-21(17(14)12-16)25(2,23)24/h4-9,12H,3,10-11H2,1-2H3,(H2,19,20,22). The number of hydrogen-bond acceptors (Lipinski definition) is 3. The second-order valence-electron chi connectivity index (χ2n) is 6.06. The smallest absolute Gasteiger partial charge is 0.308 e. The number of amides is 2. The number of anilines is 3. The van der Waals surface area contributed by atoms with E-state index in [0.29, 0.717) is 30.0 Å². The van der Waals surface area contributed by atoms with Crippen LogP contribution in [0.4, 0.5) is 21.9 Å². The van der Waals surface area contributed by atoms with E-state index in [4.69, 9.17) is 0 Å². The van der Waals surface area contributed by atoms with Crippen LogP contribution in [0.25, 0.3) is 0 Å². The average Bonchev–Trinajstić information content (AvgIpc) is 2.99. The van der Waals surface area contributed by atoms with Gasteiger partial charge in [-0.25, -0.2) is 13.2 Å². The number of carbonyl (C=O) groups is 1. The highest BCUT2D eigenvalue weighted by Gasteiger charge is 2.26. The Morgan fingerprint density at radius 1 is 1.08 bits per heavy atom. The fourth-order valence-corrected chi connectivity index (χ4v) is 3.84. The van der Waals surface area contributed by atoms with E-state index in [1.165, 1.54) is 16.1 Å². The molecular formula is C18H21N3O3S. The summed E-state index contributed by atoms with van der Waals surface area (Å²) in [6, 6.07) is 12.6. The lowest BCUT2D eigenvalue weighted by Crippen LogP contribution is -2.27. The molecule has 2 aromatic rings. The summed E-state index contributed by atoms with van der Waals surface area (Å²) in [5, 5.41) is 5.52. The van der Waals surface area contributed by atoms with Crippen molar-refractivity contribution in [1.29, 1.82) is 0 Å². The molecule has 0 spiro atoms. The second kappa shape index (κ2) is 6.76. The first-order chi connectivity index (χ1) is 11.9. The number of fused-ring (bicyclic) bond motifs is 1. The molecule has 3 rings (SSSR count). The number of aryl methyl sites for hydroxylation is 1. The summed E-state index contributed by atoms with van der Waals surface area (Å²) >= 11 is 0. The van der Waals surface area contributed by atoms with E-state index in [-0.39, 0.29) is 6.03 Å². The molecule has 0 radical (unpaired) electrons. The highest BCUT2D eigenvalue weighted by molar-refractivity contribution is 7.92. The Labute approximate surface area is 147 Å². The molecule has 25 heavy (non-hydrogen) atoms. The molecule has 1 aliphatic heterocycles. The summed E-state index contributed by atoms with van der Waals surface area (Å²) in [7, 11) is -3.31. The van der Waals surface area contributed by atoms with Gasteiger partial charge >= 0.3 is 6.03 Å². The Hall–Kier alpha value is -2.54. The third kappa shape index (κ3) is 3.93. The number of sulfonamides is 1. The molecule has 2 amide bonds. The number of benzene rings is 2. The fourth-order valence-electron chi connectivity index (χ4n) is 2.89. The van der Waals surface area contributed by atoms with Crippen LogP contribution in [-0.4, -0.2) is 27.2 Å². The molecule has 0 aliphatic carbocycles. The van der Waals surface area contributed by atoms with Gasteiger partial charge in [0.1, 0.15) is 0 Å². The summed E-state index contributed by atoms with van der Waals surface area (Å²) in [6.07, 6.45) is 2.81. The zero-order valence-corrected chi connectivity index (χ0v) is 15.1. The van der Waals surface area contributed by atoms with Gasteiger partial charge in [0, 0.05) is 17.9 Å². The normalized spacial score (nSPS) is 13.4. The van der Waals surface area contributed by atoms with Gasteiger partial charge in [-0.1, -0.05) is 25.1 Å². The van der Waals surface area contributed by atoms with Crippen LogP contribution < -0.4 is 14.9 Å². The van der Waals surface area contributed by atoms with Crippen LogP contribution in [0.5, 0.6) is 0 Å². The lowest BCUT2D eigenvalue weighted by Gasteiger charge is -2.17. The van der Waals surface area contributed by atoms with Crippen LogP contribution in [0.1, 0.15) is 18.1 Å².